The van der Waals surface area contributed by atoms with Gasteiger partial charge in [0.1, 0.15) is 18.4 Å². The first-order valence-corrected chi connectivity index (χ1v) is 9.29. The third-order valence-electron chi connectivity index (χ3n) is 3.99. The van der Waals surface area contributed by atoms with Crippen LogP contribution in [-0.2, 0) is 14.3 Å². The van der Waals surface area contributed by atoms with Gasteiger partial charge in [0, 0.05) is 5.69 Å². The number of hydrogen-bond acceptors (Lipinski definition) is 6. The molecule has 8 nitrogen and oxygen atoms in total. The Balaban J connectivity index is 2.22. The van der Waals surface area contributed by atoms with Gasteiger partial charge < -0.3 is 15.0 Å². The van der Waals surface area contributed by atoms with E-state index in [0.717, 1.165) is 4.90 Å². The number of hydrogen-bond donors (Lipinski definition) is 2. The molecule has 146 valence electrons. The third kappa shape index (κ3) is 5.51. The number of aromatic nitrogens is 3. The van der Waals surface area contributed by atoms with Crippen molar-refractivity contribution in [3.8, 4) is 5.69 Å². The molecule has 1 atom stereocenters. The summed E-state index contributed by atoms with van der Waals surface area (Å²) >= 11 is 1.19. The molecule has 0 radical (unpaired) electrons. The van der Waals surface area contributed by atoms with E-state index in [4.69, 9.17) is 0 Å². The van der Waals surface area contributed by atoms with Crippen LogP contribution in [0.15, 0.2) is 29.4 Å². The number of nitrogens with zero attached hydrogens (tertiary/aromatic N) is 3. The normalized spacial score (nSPS) is 12.1. The van der Waals surface area contributed by atoms with Crippen LogP contribution in [0.3, 0.4) is 0 Å². The van der Waals surface area contributed by atoms with Crippen LogP contribution in [0.25, 0.3) is 5.69 Å². The Labute approximate surface area is 161 Å². The Hall–Kier alpha value is -2.46. The number of benzene rings is 1. The Morgan fingerprint density at radius 3 is 2.56 bits per heavy atom. The smallest absolute Gasteiger partial charge is 0.325 e. The first-order chi connectivity index (χ1) is 12.8. The molecule has 0 saturated heterocycles. The van der Waals surface area contributed by atoms with Crippen LogP contribution in [0.1, 0.15) is 18.8 Å². The van der Waals surface area contributed by atoms with Gasteiger partial charge in [-0.25, -0.2) is 4.39 Å². The average molecular weight is 396 g/mol. The lowest BCUT2D eigenvalue weighted by atomic mass is 10.2. The van der Waals surface area contributed by atoms with E-state index in [2.05, 4.69) is 20.3 Å². The zero-order valence-electron chi connectivity index (χ0n) is 15.7. The van der Waals surface area contributed by atoms with Gasteiger partial charge in [0.25, 0.3) is 0 Å². The number of methoxy groups -OCH3 is 1. The standard InChI is InChI=1S/C17H22FN5O3S/c1-11(22(2)3)16-20-21-17(23(16)13-7-5-12(18)6-8-13)27-10-14(24)19-9-15(25)26-4/h5-8,11H,9-10H2,1-4H3,(H,19,24)/p+1/t11-/m0/s1. The Bertz CT molecular complexity index is 794. The van der Waals surface area contributed by atoms with Crippen LogP contribution >= 0.6 is 11.8 Å². The molecular weight excluding hydrogens is 373 g/mol. The molecular formula is C17H23FN5O3S+. The second-order valence-electron chi connectivity index (χ2n) is 6.09. The molecule has 0 unspecified atom stereocenters. The quantitative estimate of drug-likeness (QED) is 0.482. The van der Waals surface area contributed by atoms with E-state index >= 15 is 0 Å². The van der Waals surface area contributed by atoms with Gasteiger partial charge in [-0.3, -0.25) is 14.2 Å². The highest BCUT2D eigenvalue weighted by Gasteiger charge is 2.24. The summed E-state index contributed by atoms with van der Waals surface area (Å²) in [5.74, 6) is -0.422. The van der Waals surface area contributed by atoms with Crippen molar-refractivity contribution in [1.29, 1.82) is 0 Å². The van der Waals surface area contributed by atoms with E-state index in [0.29, 0.717) is 16.7 Å². The highest BCUT2D eigenvalue weighted by atomic mass is 32.2. The molecule has 2 N–H and O–H groups in total. The fourth-order valence-electron chi connectivity index (χ4n) is 2.17. The van der Waals surface area contributed by atoms with Gasteiger partial charge >= 0.3 is 5.97 Å². The summed E-state index contributed by atoms with van der Waals surface area (Å²) in [4.78, 5) is 24.2. The number of carbonyl (C=O) groups is 2. The van der Waals surface area contributed by atoms with Crippen LogP contribution in [0, 0.1) is 5.82 Å². The molecule has 1 aromatic heterocycles. The number of thioether (sulfide) groups is 1. The summed E-state index contributed by atoms with van der Waals surface area (Å²) in [6.45, 7) is 1.82. The van der Waals surface area contributed by atoms with Crippen LogP contribution in [-0.4, -0.2) is 60.1 Å². The number of quaternary nitrogens is 1. The average Bonchev–Trinajstić information content (AvgIpc) is 3.08. The van der Waals surface area contributed by atoms with Gasteiger partial charge in [0.2, 0.25) is 5.91 Å². The van der Waals surface area contributed by atoms with Gasteiger partial charge in [-0.1, -0.05) is 11.8 Å². The minimum atomic E-state index is -0.520. The molecule has 0 bridgehead atoms. The van der Waals surface area contributed by atoms with Crippen molar-refractivity contribution in [1.82, 2.24) is 20.1 Å². The van der Waals surface area contributed by atoms with Crippen molar-refractivity contribution in [3.63, 3.8) is 0 Å². The maximum atomic E-state index is 13.3. The lowest BCUT2D eigenvalue weighted by Crippen LogP contribution is -3.05. The molecule has 10 heteroatoms. The Morgan fingerprint density at radius 2 is 1.96 bits per heavy atom. The predicted octanol–water partition coefficient (Wildman–Crippen LogP) is -0.00680. The number of ether oxygens (including phenoxy) is 1. The Morgan fingerprint density at radius 1 is 1.30 bits per heavy atom. The molecule has 0 fully saturated rings. The highest BCUT2D eigenvalue weighted by Crippen LogP contribution is 2.24. The third-order valence-corrected chi connectivity index (χ3v) is 4.92. The van der Waals surface area contributed by atoms with Crippen molar-refractivity contribution in [2.24, 2.45) is 0 Å². The SMILES string of the molecule is COC(=O)CNC(=O)CSc1nnc([C@H](C)[NH+](C)C)n1-c1ccc(F)cc1. The second kappa shape index (κ2) is 9.47. The second-order valence-corrected chi connectivity index (χ2v) is 7.04. The van der Waals surface area contributed by atoms with Gasteiger partial charge in [0.15, 0.2) is 11.0 Å². The predicted molar refractivity (Wildman–Crippen MR) is 98.3 cm³/mol. The minimum Gasteiger partial charge on any atom is -0.468 e. The fourth-order valence-corrected chi connectivity index (χ4v) is 2.96. The molecule has 2 rings (SSSR count). The van der Waals surface area contributed by atoms with E-state index < -0.39 is 5.97 Å². The van der Waals surface area contributed by atoms with Crippen LogP contribution in [0.5, 0.6) is 0 Å². The molecule has 1 amide bonds. The summed E-state index contributed by atoms with van der Waals surface area (Å²) in [6, 6.07) is 6.04. The van der Waals surface area contributed by atoms with E-state index in [1.807, 2.05) is 25.6 Å². The topological polar surface area (TPSA) is 90.5 Å². The first kappa shape index (κ1) is 20.8. The summed E-state index contributed by atoms with van der Waals surface area (Å²) in [6.07, 6.45) is 0. The molecule has 0 aliphatic rings. The molecule has 0 aliphatic carbocycles. The highest BCUT2D eigenvalue weighted by molar-refractivity contribution is 7.99. The molecule has 0 saturated carbocycles. The van der Waals surface area contributed by atoms with Gasteiger partial charge in [-0.05, 0) is 31.2 Å². The van der Waals surface area contributed by atoms with E-state index in [9.17, 15) is 14.0 Å². The minimum absolute atomic E-state index is 0.0325. The first-order valence-electron chi connectivity index (χ1n) is 8.31. The number of esters is 1. The van der Waals surface area contributed by atoms with Crippen LogP contribution < -0.4 is 10.2 Å². The summed E-state index contributed by atoms with van der Waals surface area (Å²) < 4.78 is 19.6. The van der Waals surface area contributed by atoms with Gasteiger partial charge in [-0.15, -0.1) is 10.2 Å². The molecule has 0 aliphatic heterocycles. The number of amides is 1. The molecule has 1 heterocycles. The van der Waals surface area contributed by atoms with Crippen molar-refractivity contribution in [2.45, 2.75) is 18.1 Å². The number of carbonyl (C=O) groups excluding carboxylic acids is 2. The fraction of sp³-hybridized carbons (Fsp3) is 0.412. The van der Waals surface area contributed by atoms with E-state index in [1.54, 1.807) is 12.1 Å². The van der Waals surface area contributed by atoms with E-state index in [1.165, 1.54) is 31.0 Å². The molecule has 1 aromatic carbocycles. The maximum Gasteiger partial charge on any atom is 0.325 e. The lowest BCUT2D eigenvalue weighted by molar-refractivity contribution is -0.890. The van der Waals surface area contributed by atoms with Crippen LogP contribution in [0.2, 0.25) is 0 Å². The monoisotopic (exact) mass is 396 g/mol. The van der Waals surface area contributed by atoms with Crippen molar-refractivity contribution >= 4 is 23.6 Å². The zero-order valence-corrected chi connectivity index (χ0v) is 16.5. The Kier molecular flexibility index (Phi) is 7.31. The van der Waals surface area contributed by atoms with Crippen molar-refractivity contribution < 1.29 is 23.6 Å². The molecule has 0 spiro atoms. The number of nitrogens with one attached hydrogen (secondary N) is 2. The maximum absolute atomic E-state index is 13.3. The number of rotatable bonds is 8. The summed E-state index contributed by atoms with van der Waals surface area (Å²) in [7, 11) is 5.26. The summed E-state index contributed by atoms with van der Waals surface area (Å²) in [5.41, 5.74) is 0.710. The van der Waals surface area contributed by atoms with Gasteiger partial charge in [0.05, 0.1) is 27.0 Å². The molecule has 27 heavy (non-hydrogen) atoms. The van der Waals surface area contributed by atoms with Crippen molar-refractivity contribution in [2.75, 3.05) is 33.5 Å². The van der Waals surface area contributed by atoms with Crippen molar-refractivity contribution in [3.05, 3.63) is 35.9 Å². The van der Waals surface area contributed by atoms with Gasteiger partial charge in [-0.2, -0.15) is 0 Å². The molecule has 2 aromatic rings. The van der Waals surface area contributed by atoms with E-state index in [-0.39, 0.29) is 30.1 Å². The number of halogens is 1. The summed E-state index contributed by atoms with van der Waals surface area (Å²) in [5, 5.41) is 11.5. The lowest BCUT2D eigenvalue weighted by Gasteiger charge is -2.18. The van der Waals surface area contributed by atoms with Crippen LogP contribution in [0.4, 0.5) is 4.39 Å². The largest absolute Gasteiger partial charge is 0.468 e. The zero-order chi connectivity index (χ0) is 20.0.